The maximum atomic E-state index is 14.2. The van der Waals surface area contributed by atoms with Crippen LogP contribution in [0.2, 0.25) is 0 Å². The molecule has 0 saturated heterocycles. The summed E-state index contributed by atoms with van der Waals surface area (Å²) in [5.74, 6) is -1.55. The third-order valence-corrected chi connectivity index (χ3v) is 7.81. The highest BCUT2D eigenvalue weighted by Crippen LogP contribution is 2.31. The van der Waals surface area contributed by atoms with Gasteiger partial charge in [0.05, 0.1) is 18.4 Å². The average Bonchev–Trinajstić information content (AvgIpc) is 3.23. The monoisotopic (exact) mass is 551 g/mol. The predicted molar refractivity (Wildman–Crippen MR) is 157 cm³/mol. The number of carbonyl (C=O) groups excluding carboxylic acids is 4. The number of hydrogen-bond donors (Lipinski definition) is 1. The van der Waals surface area contributed by atoms with Crippen LogP contribution in [-0.2, 0) is 20.9 Å². The fourth-order valence-corrected chi connectivity index (χ4v) is 5.55. The van der Waals surface area contributed by atoms with Crippen LogP contribution in [0.5, 0.6) is 5.75 Å². The van der Waals surface area contributed by atoms with Crippen LogP contribution in [0.15, 0.2) is 84.9 Å². The Kier molecular flexibility index (Phi) is 8.29. The molecule has 0 spiro atoms. The number of Topliss-reactive ketones (excluding diaryl/α,β-unsaturated/α-hetero) is 1. The Bertz CT molecular complexity index is 1500. The lowest BCUT2D eigenvalue weighted by Gasteiger charge is -2.38. The Balaban J connectivity index is 1.51. The first-order valence-corrected chi connectivity index (χ1v) is 13.8. The van der Waals surface area contributed by atoms with E-state index in [1.165, 1.54) is 4.90 Å². The summed E-state index contributed by atoms with van der Waals surface area (Å²) in [6.07, 6.45) is 6.32. The summed E-state index contributed by atoms with van der Waals surface area (Å²) in [6, 6.07) is 20.6. The van der Waals surface area contributed by atoms with Crippen molar-refractivity contribution in [3.05, 3.63) is 102 Å². The number of carbonyl (C=O) groups is 4. The van der Waals surface area contributed by atoms with E-state index >= 15 is 0 Å². The number of para-hydroxylation sites is 1. The van der Waals surface area contributed by atoms with E-state index in [9.17, 15) is 19.2 Å². The third kappa shape index (κ3) is 5.91. The molecule has 1 aliphatic heterocycles. The number of allylic oxidation sites excluding steroid dienone is 2. The normalized spacial score (nSPS) is 16.7. The SMILES string of the molecule is COc1ccc(NC(=O)[C@H]([C@@H]2CC=CCC2)N(Cc2ccccc2C)C(=O)CN2C(=O)C(=O)c3ccccc32)cc1. The van der Waals surface area contributed by atoms with Crippen molar-refractivity contribution in [2.24, 2.45) is 5.92 Å². The molecule has 210 valence electrons. The second-order valence-electron chi connectivity index (χ2n) is 10.4. The van der Waals surface area contributed by atoms with Gasteiger partial charge in [0.2, 0.25) is 11.8 Å². The maximum Gasteiger partial charge on any atom is 0.299 e. The van der Waals surface area contributed by atoms with Crippen LogP contribution in [0, 0.1) is 12.8 Å². The number of ether oxygens (including phenoxy) is 1. The van der Waals surface area contributed by atoms with Crippen LogP contribution in [0.4, 0.5) is 11.4 Å². The van der Waals surface area contributed by atoms with E-state index in [4.69, 9.17) is 4.74 Å². The first-order valence-electron chi connectivity index (χ1n) is 13.8. The summed E-state index contributed by atoms with van der Waals surface area (Å²) >= 11 is 0. The van der Waals surface area contributed by atoms with Crippen molar-refractivity contribution in [1.82, 2.24) is 4.90 Å². The molecule has 0 radical (unpaired) electrons. The highest BCUT2D eigenvalue weighted by atomic mass is 16.5. The molecule has 3 aromatic carbocycles. The van der Waals surface area contributed by atoms with E-state index in [-0.39, 0.29) is 30.5 Å². The standard InChI is InChI=1S/C33H33N3O5/c1-22-10-6-7-13-24(22)20-36(29(37)21-35-28-15-9-8-14-27(28)31(38)33(35)40)30(23-11-4-3-5-12-23)32(39)34-25-16-18-26(41-2)19-17-25/h3-4,6-10,13-19,23,30H,5,11-12,20-21H2,1-2H3,(H,34,39)/t23-,30+/m1/s1. The second-order valence-corrected chi connectivity index (χ2v) is 10.4. The number of amides is 3. The van der Waals surface area contributed by atoms with E-state index in [0.29, 0.717) is 23.5 Å². The van der Waals surface area contributed by atoms with E-state index in [1.807, 2.05) is 31.2 Å². The van der Waals surface area contributed by atoms with Crippen molar-refractivity contribution in [3.63, 3.8) is 0 Å². The number of rotatable bonds is 9. The fraction of sp³-hybridized carbons (Fsp3) is 0.273. The van der Waals surface area contributed by atoms with E-state index in [2.05, 4.69) is 17.5 Å². The average molecular weight is 552 g/mol. The predicted octanol–water partition coefficient (Wildman–Crippen LogP) is 4.93. The summed E-state index contributed by atoms with van der Waals surface area (Å²) < 4.78 is 5.24. The van der Waals surface area contributed by atoms with Crippen LogP contribution >= 0.6 is 0 Å². The number of ketones is 1. The number of aryl methyl sites for hydroxylation is 1. The summed E-state index contributed by atoms with van der Waals surface area (Å²) in [4.78, 5) is 56.6. The molecule has 1 aliphatic carbocycles. The van der Waals surface area contributed by atoms with Crippen LogP contribution in [0.25, 0.3) is 0 Å². The third-order valence-electron chi connectivity index (χ3n) is 7.81. The summed E-state index contributed by atoms with van der Waals surface area (Å²) in [5.41, 5.74) is 3.16. The van der Waals surface area contributed by atoms with Gasteiger partial charge < -0.3 is 15.0 Å². The van der Waals surface area contributed by atoms with Crippen LogP contribution in [0.3, 0.4) is 0 Å². The molecule has 0 fully saturated rings. The number of nitrogens with one attached hydrogen (secondary N) is 1. The lowest BCUT2D eigenvalue weighted by Crippen LogP contribution is -2.54. The zero-order valence-corrected chi connectivity index (χ0v) is 23.2. The van der Waals surface area contributed by atoms with Gasteiger partial charge in [-0.1, -0.05) is 48.6 Å². The Morgan fingerprint density at radius 2 is 1.73 bits per heavy atom. The Morgan fingerprint density at radius 3 is 2.44 bits per heavy atom. The minimum absolute atomic E-state index is 0.130. The molecule has 0 aromatic heterocycles. The molecular weight excluding hydrogens is 518 g/mol. The quantitative estimate of drug-likeness (QED) is 0.301. The smallest absolute Gasteiger partial charge is 0.299 e. The van der Waals surface area contributed by atoms with Crippen LogP contribution in [-0.4, -0.2) is 48.1 Å². The molecule has 41 heavy (non-hydrogen) atoms. The zero-order valence-electron chi connectivity index (χ0n) is 23.2. The van der Waals surface area contributed by atoms with Crippen molar-refractivity contribution >= 4 is 34.9 Å². The van der Waals surface area contributed by atoms with Gasteiger partial charge in [-0.15, -0.1) is 0 Å². The van der Waals surface area contributed by atoms with Gasteiger partial charge in [-0.2, -0.15) is 0 Å². The van der Waals surface area contributed by atoms with Crippen LogP contribution < -0.4 is 15.0 Å². The Morgan fingerprint density at radius 1 is 1.00 bits per heavy atom. The van der Waals surface area contributed by atoms with Crippen molar-refractivity contribution in [3.8, 4) is 5.75 Å². The summed E-state index contributed by atoms with van der Waals surface area (Å²) in [5, 5.41) is 3.00. The number of nitrogens with zero attached hydrogens (tertiary/aromatic N) is 2. The van der Waals surface area contributed by atoms with Gasteiger partial charge in [-0.25, -0.2) is 0 Å². The molecule has 8 heteroatoms. The number of hydrogen-bond acceptors (Lipinski definition) is 5. The molecule has 8 nitrogen and oxygen atoms in total. The van der Waals surface area contributed by atoms with Crippen LogP contribution in [0.1, 0.15) is 40.7 Å². The molecule has 0 saturated carbocycles. The van der Waals surface area contributed by atoms with Gasteiger partial charge in [0.15, 0.2) is 0 Å². The molecular formula is C33H33N3O5. The number of anilines is 2. The Labute approximate surface area is 239 Å². The molecule has 0 unspecified atom stereocenters. The molecule has 1 heterocycles. The number of benzene rings is 3. The molecule has 2 atom stereocenters. The topological polar surface area (TPSA) is 96.0 Å². The molecule has 5 rings (SSSR count). The van der Waals surface area contributed by atoms with Gasteiger partial charge in [0.25, 0.3) is 11.7 Å². The highest BCUT2D eigenvalue weighted by molar-refractivity contribution is 6.52. The summed E-state index contributed by atoms with van der Waals surface area (Å²) in [7, 11) is 1.58. The summed E-state index contributed by atoms with van der Waals surface area (Å²) in [6.45, 7) is 1.80. The molecule has 3 aromatic rings. The van der Waals surface area contributed by atoms with Gasteiger partial charge >= 0.3 is 0 Å². The van der Waals surface area contributed by atoms with E-state index in [1.54, 1.807) is 60.5 Å². The molecule has 2 aliphatic rings. The first kappa shape index (κ1) is 27.8. The Hall–Kier alpha value is -4.72. The van der Waals surface area contributed by atoms with Crippen molar-refractivity contribution < 1.29 is 23.9 Å². The van der Waals surface area contributed by atoms with Crippen molar-refractivity contribution in [2.75, 3.05) is 23.9 Å². The minimum atomic E-state index is -0.808. The first-order chi connectivity index (χ1) is 19.9. The van der Waals surface area contributed by atoms with Crippen molar-refractivity contribution in [1.29, 1.82) is 0 Å². The second kappa shape index (κ2) is 12.2. The minimum Gasteiger partial charge on any atom is -0.497 e. The van der Waals surface area contributed by atoms with Gasteiger partial charge in [-0.05, 0) is 79.6 Å². The van der Waals surface area contributed by atoms with Crippen molar-refractivity contribution in [2.45, 2.75) is 38.8 Å². The fourth-order valence-electron chi connectivity index (χ4n) is 5.55. The lowest BCUT2D eigenvalue weighted by molar-refractivity contribution is -0.140. The highest BCUT2D eigenvalue weighted by Gasteiger charge is 2.41. The maximum absolute atomic E-state index is 14.2. The van der Waals surface area contributed by atoms with Gasteiger partial charge in [0.1, 0.15) is 18.3 Å². The molecule has 0 bridgehead atoms. The van der Waals surface area contributed by atoms with E-state index < -0.39 is 23.6 Å². The largest absolute Gasteiger partial charge is 0.497 e. The number of fused-ring (bicyclic) bond motifs is 1. The van der Waals surface area contributed by atoms with Gasteiger partial charge in [0, 0.05) is 12.2 Å². The van der Waals surface area contributed by atoms with Gasteiger partial charge in [-0.3, -0.25) is 24.1 Å². The molecule has 3 amide bonds. The number of methoxy groups -OCH3 is 1. The lowest BCUT2D eigenvalue weighted by atomic mass is 9.85. The molecule has 1 N–H and O–H groups in total. The van der Waals surface area contributed by atoms with E-state index in [0.717, 1.165) is 24.0 Å². The zero-order chi connectivity index (χ0) is 28.9.